The van der Waals surface area contributed by atoms with E-state index in [4.69, 9.17) is 0 Å². The average Bonchev–Trinajstić information content (AvgIpc) is 3.34. The normalized spacial score (nSPS) is 16.2. The van der Waals surface area contributed by atoms with E-state index in [1.54, 1.807) is 4.90 Å². The molecule has 4 rings (SSSR count). The molecule has 8 heteroatoms. The van der Waals surface area contributed by atoms with Crippen LogP contribution in [0.2, 0.25) is 0 Å². The Balaban J connectivity index is 1.51. The van der Waals surface area contributed by atoms with Gasteiger partial charge in [0.2, 0.25) is 5.91 Å². The number of carbonyl (C=O) groups is 3. The van der Waals surface area contributed by atoms with Gasteiger partial charge in [-0.2, -0.15) is 0 Å². The maximum atomic E-state index is 13.6. The summed E-state index contributed by atoms with van der Waals surface area (Å²) in [5, 5.41) is 6.07. The van der Waals surface area contributed by atoms with E-state index < -0.39 is 0 Å². The molecule has 2 aliphatic rings. The van der Waals surface area contributed by atoms with Crippen molar-refractivity contribution in [2.75, 3.05) is 54.8 Å². The number of anilines is 3. The highest BCUT2D eigenvalue weighted by molar-refractivity contribution is 6.02. The summed E-state index contributed by atoms with van der Waals surface area (Å²) in [4.78, 5) is 45.1. The lowest BCUT2D eigenvalue weighted by Crippen LogP contribution is -2.38. The number of nitrogens with zero attached hydrogens (tertiary/aromatic N) is 3. The number of carbonyl (C=O) groups excluding carboxylic acids is 3. The minimum absolute atomic E-state index is 0.0414. The molecule has 1 aliphatic carbocycles. The first-order chi connectivity index (χ1) is 18.4. The van der Waals surface area contributed by atoms with Gasteiger partial charge in [-0.1, -0.05) is 25.0 Å². The molecule has 1 aliphatic heterocycles. The monoisotopic (exact) mass is 519 g/mol. The van der Waals surface area contributed by atoms with Crippen LogP contribution in [0.15, 0.2) is 42.5 Å². The maximum absolute atomic E-state index is 13.6. The lowest BCUT2D eigenvalue weighted by Gasteiger charge is -2.28. The molecular weight excluding hydrogens is 478 g/mol. The first-order valence-corrected chi connectivity index (χ1v) is 14.0. The Kier molecular flexibility index (Phi) is 9.26. The third-order valence-electron chi connectivity index (χ3n) is 7.66. The van der Waals surface area contributed by atoms with E-state index in [2.05, 4.69) is 15.5 Å². The van der Waals surface area contributed by atoms with Crippen molar-refractivity contribution in [1.29, 1.82) is 0 Å². The second-order valence-corrected chi connectivity index (χ2v) is 10.3. The molecule has 0 aromatic heterocycles. The van der Waals surface area contributed by atoms with Crippen molar-refractivity contribution < 1.29 is 14.4 Å². The number of hydrogen-bond donors (Lipinski definition) is 2. The van der Waals surface area contributed by atoms with Crippen molar-refractivity contribution >= 4 is 34.9 Å². The zero-order valence-corrected chi connectivity index (χ0v) is 23.0. The standard InChI is InChI=1S/C30H41N5O3/c1-4-33(5-2)29(37)26-21-25(31-28(36)23-11-6-7-12-23)14-15-27(26)34-16-9-17-35(19-18-34)30(38)32-24-13-8-10-22(3)20-24/h8,10,13-15,20-21,23H,4-7,9,11-12,16-19H2,1-3H3,(H,31,36)(H,32,38). The van der Waals surface area contributed by atoms with Crippen LogP contribution in [0.5, 0.6) is 0 Å². The van der Waals surface area contributed by atoms with E-state index in [1.165, 1.54) is 0 Å². The molecule has 204 valence electrons. The third kappa shape index (κ3) is 6.65. The molecule has 2 N–H and O–H groups in total. The molecule has 2 aromatic rings. The molecule has 2 aromatic carbocycles. The van der Waals surface area contributed by atoms with Gasteiger partial charge in [-0.25, -0.2) is 4.79 Å². The fourth-order valence-corrected chi connectivity index (χ4v) is 5.46. The highest BCUT2D eigenvalue weighted by Gasteiger charge is 2.26. The van der Waals surface area contributed by atoms with Crippen LogP contribution in [-0.2, 0) is 4.79 Å². The van der Waals surface area contributed by atoms with E-state index in [0.717, 1.165) is 55.6 Å². The summed E-state index contributed by atoms with van der Waals surface area (Å²) in [6.45, 7) is 9.73. The molecule has 1 heterocycles. The molecule has 4 amide bonds. The van der Waals surface area contributed by atoms with Crippen LogP contribution in [0.1, 0.15) is 61.9 Å². The molecule has 0 radical (unpaired) electrons. The Hall–Kier alpha value is -3.55. The lowest BCUT2D eigenvalue weighted by molar-refractivity contribution is -0.119. The Morgan fingerprint density at radius 3 is 2.32 bits per heavy atom. The summed E-state index contributed by atoms with van der Waals surface area (Å²) in [6.07, 6.45) is 4.84. The molecule has 38 heavy (non-hydrogen) atoms. The van der Waals surface area contributed by atoms with Gasteiger partial charge in [-0.3, -0.25) is 9.59 Å². The number of amides is 4. The highest BCUT2D eigenvalue weighted by atomic mass is 16.2. The summed E-state index contributed by atoms with van der Waals surface area (Å²) >= 11 is 0. The number of benzene rings is 2. The Bertz CT molecular complexity index is 1140. The van der Waals surface area contributed by atoms with Crippen molar-refractivity contribution in [1.82, 2.24) is 9.80 Å². The second kappa shape index (κ2) is 12.8. The van der Waals surface area contributed by atoms with Crippen LogP contribution in [0.25, 0.3) is 0 Å². The van der Waals surface area contributed by atoms with Crippen molar-refractivity contribution in [2.24, 2.45) is 5.92 Å². The van der Waals surface area contributed by atoms with Crippen LogP contribution in [-0.4, -0.2) is 66.9 Å². The molecule has 1 saturated heterocycles. The van der Waals surface area contributed by atoms with E-state index in [0.29, 0.717) is 44.0 Å². The fourth-order valence-electron chi connectivity index (χ4n) is 5.46. The highest BCUT2D eigenvalue weighted by Crippen LogP contribution is 2.30. The van der Waals surface area contributed by atoms with Crippen LogP contribution in [0, 0.1) is 12.8 Å². The van der Waals surface area contributed by atoms with Gasteiger partial charge in [0, 0.05) is 62.2 Å². The topological polar surface area (TPSA) is 85.0 Å². The van der Waals surface area contributed by atoms with E-state index >= 15 is 0 Å². The zero-order chi connectivity index (χ0) is 27.1. The van der Waals surface area contributed by atoms with Gasteiger partial charge < -0.3 is 25.3 Å². The van der Waals surface area contributed by atoms with Crippen molar-refractivity contribution in [3.63, 3.8) is 0 Å². The Morgan fingerprint density at radius 1 is 0.868 bits per heavy atom. The van der Waals surface area contributed by atoms with Gasteiger partial charge in [0.05, 0.1) is 5.56 Å². The molecule has 8 nitrogen and oxygen atoms in total. The quantitative estimate of drug-likeness (QED) is 0.516. The molecule has 0 bridgehead atoms. The summed E-state index contributed by atoms with van der Waals surface area (Å²) < 4.78 is 0. The third-order valence-corrected chi connectivity index (χ3v) is 7.66. The molecular formula is C30H41N5O3. The van der Waals surface area contributed by atoms with Gasteiger partial charge in [-0.05, 0) is 75.9 Å². The van der Waals surface area contributed by atoms with Gasteiger partial charge >= 0.3 is 6.03 Å². The van der Waals surface area contributed by atoms with Crippen LogP contribution in [0.3, 0.4) is 0 Å². The number of rotatable bonds is 7. The smallest absolute Gasteiger partial charge is 0.321 e. The molecule has 0 atom stereocenters. The number of nitrogens with one attached hydrogen (secondary N) is 2. The zero-order valence-electron chi connectivity index (χ0n) is 23.0. The SMILES string of the molecule is CCN(CC)C(=O)c1cc(NC(=O)C2CCCC2)ccc1N1CCCN(C(=O)Nc2cccc(C)c2)CC1. The van der Waals surface area contributed by atoms with Crippen LogP contribution in [0.4, 0.5) is 21.9 Å². The van der Waals surface area contributed by atoms with Crippen LogP contribution >= 0.6 is 0 Å². The number of hydrogen-bond acceptors (Lipinski definition) is 4. The van der Waals surface area contributed by atoms with Crippen molar-refractivity contribution in [3.05, 3.63) is 53.6 Å². The summed E-state index contributed by atoms with van der Waals surface area (Å²) in [6, 6.07) is 13.4. The first-order valence-electron chi connectivity index (χ1n) is 14.0. The summed E-state index contributed by atoms with van der Waals surface area (Å²) in [5.41, 5.74) is 3.99. The van der Waals surface area contributed by atoms with Gasteiger partial charge in [0.15, 0.2) is 0 Å². The summed E-state index contributed by atoms with van der Waals surface area (Å²) in [5.74, 6) is 0.0564. The van der Waals surface area contributed by atoms with E-state index in [-0.39, 0.29) is 23.8 Å². The van der Waals surface area contributed by atoms with Crippen molar-refractivity contribution in [3.8, 4) is 0 Å². The van der Waals surface area contributed by atoms with E-state index in [1.807, 2.05) is 68.1 Å². The van der Waals surface area contributed by atoms with Gasteiger partial charge in [0.1, 0.15) is 0 Å². The molecule has 0 spiro atoms. The van der Waals surface area contributed by atoms with Crippen molar-refractivity contribution in [2.45, 2.75) is 52.9 Å². The fraction of sp³-hybridized carbons (Fsp3) is 0.500. The summed E-state index contributed by atoms with van der Waals surface area (Å²) in [7, 11) is 0. The Labute approximate surface area is 226 Å². The molecule has 0 unspecified atom stereocenters. The lowest BCUT2D eigenvalue weighted by atomic mass is 10.1. The number of urea groups is 1. The van der Waals surface area contributed by atoms with Crippen LogP contribution < -0.4 is 15.5 Å². The molecule has 1 saturated carbocycles. The Morgan fingerprint density at radius 2 is 1.61 bits per heavy atom. The second-order valence-electron chi connectivity index (χ2n) is 10.3. The predicted octanol–water partition coefficient (Wildman–Crippen LogP) is 5.35. The van der Waals surface area contributed by atoms with E-state index in [9.17, 15) is 14.4 Å². The minimum atomic E-state index is -0.109. The molecule has 2 fully saturated rings. The van der Waals surface area contributed by atoms with Gasteiger partial charge in [-0.15, -0.1) is 0 Å². The number of aryl methyl sites for hydroxylation is 1. The van der Waals surface area contributed by atoms with Gasteiger partial charge in [0.25, 0.3) is 5.91 Å². The predicted molar refractivity (Wildman–Crippen MR) is 153 cm³/mol. The minimum Gasteiger partial charge on any atom is -0.369 e. The first kappa shape index (κ1) is 27.5. The average molecular weight is 520 g/mol. The largest absolute Gasteiger partial charge is 0.369 e. The maximum Gasteiger partial charge on any atom is 0.321 e.